The molecule has 0 aliphatic heterocycles. The predicted molar refractivity (Wildman–Crippen MR) is 64.7 cm³/mol. The zero-order chi connectivity index (χ0) is 12.9. The highest BCUT2D eigenvalue weighted by Crippen LogP contribution is 2.43. The molecule has 0 heterocycles. The summed E-state index contributed by atoms with van der Waals surface area (Å²) in [6.07, 6.45) is 3.02. The van der Waals surface area contributed by atoms with Crippen molar-refractivity contribution in [1.82, 2.24) is 10.6 Å². The zero-order valence-electron chi connectivity index (χ0n) is 10.6. The van der Waals surface area contributed by atoms with Gasteiger partial charge in [0.25, 0.3) is 0 Å². The van der Waals surface area contributed by atoms with Crippen LogP contribution in [0.3, 0.4) is 0 Å². The second kappa shape index (κ2) is 6.00. The summed E-state index contributed by atoms with van der Waals surface area (Å²) in [7, 11) is 0. The number of hydrogen-bond acceptors (Lipinski definition) is 3. The molecule has 0 aromatic rings. The summed E-state index contributed by atoms with van der Waals surface area (Å²) in [5.41, 5.74) is -0.195. The molecule has 0 saturated heterocycles. The van der Waals surface area contributed by atoms with Gasteiger partial charge in [0.1, 0.15) is 0 Å². The van der Waals surface area contributed by atoms with E-state index in [0.717, 1.165) is 19.3 Å². The van der Waals surface area contributed by atoms with E-state index >= 15 is 0 Å². The van der Waals surface area contributed by atoms with E-state index < -0.39 is 5.97 Å². The molecule has 0 aromatic heterocycles. The Bertz CT molecular complexity index is 285. The van der Waals surface area contributed by atoms with Gasteiger partial charge in [-0.25, -0.2) is 0 Å². The number of carbonyl (C=O) groups is 2. The first-order valence-electron chi connectivity index (χ1n) is 6.15. The molecule has 1 amide bonds. The van der Waals surface area contributed by atoms with E-state index in [1.54, 1.807) is 0 Å². The molecular formula is C12H22N2O3. The lowest BCUT2D eigenvalue weighted by Crippen LogP contribution is -2.46. The molecule has 0 bridgehead atoms. The van der Waals surface area contributed by atoms with Crippen LogP contribution in [0.15, 0.2) is 0 Å². The van der Waals surface area contributed by atoms with Crippen molar-refractivity contribution < 1.29 is 14.7 Å². The molecule has 0 atom stereocenters. The van der Waals surface area contributed by atoms with Crippen LogP contribution in [0.5, 0.6) is 0 Å². The molecule has 5 nitrogen and oxygen atoms in total. The van der Waals surface area contributed by atoms with E-state index in [0.29, 0.717) is 13.1 Å². The molecule has 1 rings (SSSR count). The van der Waals surface area contributed by atoms with Gasteiger partial charge in [0.2, 0.25) is 5.91 Å². The fourth-order valence-electron chi connectivity index (χ4n) is 2.06. The standard InChI is InChI=1S/C12H22N2O3/c1-9(2)13-7-10(15)14-8-12(4-3-5-12)6-11(16)17/h9,13H,3-8H2,1-2H3,(H,14,15)(H,16,17). The highest BCUT2D eigenvalue weighted by molar-refractivity contribution is 5.78. The van der Waals surface area contributed by atoms with E-state index in [2.05, 4.69) is 10.6 Å². The third-order valence-corrected chi connectivity index (χ3v) is 3.27. The van der Waals surface area contributed by atoms with E-state index in [9.17, 15) is 9.59 Å². The van der Waals surface area contributed by atoms with Gasteiger partial charge in [0.15, 0.2) is 0 Å². The summed E-state index contributed by atoms with van der Waals surface area (Å²) in [5.74, 6) is -0.838. The van der Waals surface area contributed by atoms with Crippen molar-refractivity contribution in [1.29, 1.82) is 0 Å². The first-order valence-corrected chi connectivity index (χ1v) is 6.15. The van der Waals surface area contributed by atoms with Crippen molar-refractivity contribution >= 4 is 11.9 Å². The molecule has 1 aliphatic carbocycles. The van der Waals surface area contributed by atoms with Crippen LogP contribution in [0.25, 0.3) is 0 Å². The molecule has 3 N–H and O–H groups in total. The van der Waals surface area contributed by atoms with Crippen molar-refractivity contribution in [2.24, 2.45) is 5.41 Å². The molecule has 1 aliphatic rings. The Balaban J connectivity index is 2.28. The molecule has 0 radical (unpaired) electrons. The van der Waals surface area contributed by atoms with E-state index in [-0.39, 0.29) is 23.8 Å². The van der Waals surface area contributed by atoms with Crippen LogP contribution < -0.4 is 10.6 Å². The number of carboxylic acids is 1. The SMILES string of the molecule is CC(C)NCC(=O)NCC1(CC(=O)O)CCC1. The van der Waals surface area contributed by atoms with Crippen LogP contribution in [-0.4, -0.2) is 36.1 Å². The number of carboxylic acid groups (broad SMARTS) is 1. The number of aliphatic carboxylic acids is 1. The highest BCUT2D eigenvalue weighted by atomic mass is 16.4. The molecule has 0 unspecified atom stereocenters. The number of hydrogen-bond donors (Lipinski definition) is 3. The Labute approximate surface area is 102 Å². The molecule has 0 spiro atoms. The van der Waals surface area contributed by atoms with Crippen LogP contribution in [0, 0.1) is 5.41 Å². The van der Waals surface area contributed by atoms with Crippen LogP contribution in [0.2, 0.25) is 0 Å². The summed E-state index contributed by atoms with van der Waals surface area (Å²) >= 11 is 0. The minimum absolute atomic E-state index is 0.0598. The normalized spacial score (nSPS) is 17.6. The lowest BCUT2D eigenvalue weighted by atomic mass is 9.66. The smallest absolute Gasteiger partial charge is 0.303 e. The summed E-state index contributed by atoms with van der Waals surface area (Å²) in [6.45, 7) is 4.73. The van der Waals surface area contributed by atoms with Gasteiger partial charge in [-0.15, -0.1) is 0 Å². The van der Waals surface area contributed by atoms with Gasteiger partial charge in [-0.2, -0.15) is 0 Å². The third-order valence-electron chi connectivity index (χ3n) is 3.27. The Morgan fingerprint density at radius 2 is 2.00 bits per heavy atom. The first-order chi connectivity index (χ1) is 7.93. The average molecular weight is 242 g/mol. The summed E-state index contributed by atoms with van der Waals surface area (Å²) < 4.78 is 0. The number of nitrogens with one attached hydrogen (secondary N) is 2. The lowest BCUT2D eigenvalue weighted by molar-refractivity contribution is -0.141. The molecule has 5 heteroatoms. The zero-order valence-corrected chi connectivity index (χ0v) is 10.6. The molecule has 1 saturated carbocycles. The minimum Gasteiger partial charge on any atom is -0.481 e. The van der Waals surface area contributed by atoms with E-state index in [1.165, 1.54) is 0 Å². The van der Waals surface area contributed by atoms with Crippen molar-refractivity contribution in [3.8, 4) is 0 Å². The van der Waals surface area contributed by atoms with Crippen LogP contribution in [0.4, 0.5) is 0 Å². The fourth-order valence-corrected chi connectivity index (χ4v) is 2.06. The third kappa shape index (κ3) is 4.73. The first kappa shape index (κ1) is 14.0. The fraction of sp³-hybridized carbons (Fsp3) is 0.833. The van der Waals surface area contributed by atoms with E-state index in [4.69, 9.17) is 5.11 Å². The van der Waals surface area contributed by atoms with Crippen LogP contribution in [-0.2, 0) is 9.59 Å². The maximum absolute atomic E-state index is 11.5. The monoisotopic (exact) mass is 242 g/mol. The maximum Gasteiger partial charge on any atom is 0.303 e. The van der Waals surface area contributed by atoms with Crippen molar-refractivity contribution in [3.63, 3.8) is 0 Å². The summed E-state index contributed by atoms with van der Waals surface area (Å²) in [5, 5.41) is 14.7. The molecule has 17 heavy (non-hydrogen) atoms. The molecule has 98 valence electrons. The Morgan fingerprint density at radius 1 is 1.35 bits per heavy atom. The summed E-state index contributed by atoms with van der Waals surface area (Å²) in [6, 6.07) is 0.275. The van der Waals surface area contributed by atoms with Gasteiger partial charge >= 0.3 is 5.97 Å². The second-order valence-corrected chi connectivity index (χ2v) is 5.24. The maximum atomic E-state index is 11.5. The quantitative estimate of drug-likeness (QED) is 0.615. The molecule has 1 fully saturated rings. The van der Waals surface area contributed by atoms with Gasteiger partial charge in [-0.3, -0.25) is 9.59 Å². The van der Waals surface area contributed by atoms with Crippen LogP contribution >= 0.6 is 0 Å². The second-order valence-electron chi connectivity index (χ2n) is 5.24. The van der Waals surface area contributed by atoms with Gasteiger partial charge in [-0.05, 0) is 18.3 Å². The lowest BCUT2D eigenvalue weighted by Gasteiger charge is -2.40. The van der Waals surface area contributed by atoms with Crippen LogP contribution in [0.1, 0.15) is 39.5 Å². The number of rotatable bonds is 7. The van der Waals surface area contributed by atoms with Crippen molar-refractivity contribution in [2.45, 2.75) is 45.6 Å². The van der Waals surface area contributed by atoms with Gasteiger partial charge in [0, 0.05) is 12.6 Å². The average Bonchev–Trinajstić information content (AvgIpc) is 2.18. The van der Waals surface area contributed by atoms with Crippen molar-refractivity contribution in [2.75, 3.05) is 13.1 Å². The molecule has 0 aromatic carbocycles. The topological polar surface area (TPSA) is 78.4 Å². The Kier molecular flexibility index (Phi) is 4.93. The summed E-state index contributed by atoms with van der Waals surface area (Å²) in [4.78, 5) is 22.2. The highest BCUT2D eigenvalue weighted by Gasteiger charge is 2.39. The van der Waals surface area contributed by atoms with E-state index in [1.807, 2.05) is 13.8 Å². The minimum atomic E-state index is -0.778. The van der Waals surface area contributed by atoms with Gasteiger partial charge in [0.05, 0.1) is 13.0 Å². The Hall–Kier alpha value is -1.10. The number of amides is 1. The van der Waals surface area contributed by atoms with Gasteiger partial charge < -0.3 is 15.7 Å². The Morgan fingerprint density at radius 3 is 2.41 bits per heavy atom. The van der Waals surface area contributed by atoms with Gasteiger partial charge in [-0.1, -0.05) is 20.3 Å². The predicted octanol–water partition coefficient (Wildman–Crippen LogP) is 0.746. The largest absolute Gasteiger partial charge is 0.481 e. The number of carbonyl (C=O) groups excluding carboxylic acids is 1. The molecular weight excluding hydrogens is 220 g/mol. The van der Waals surface area contributed by atoms with Crippen molar-refractivity contribution in [3.05, 3.63) is 0 Å².